The SMILES string of the molecule is COc1ccc([C@H]2C(C#N)=C(N)Oc3n[nH]c(-c4ccc(C)cc4)c32)cc1. The van der Waals surface area contributed by atoms with E-state index in [-0.39, 0.29) is 11.8 Å². The summed E-state index contributed by atoms with van der Waals surface area (Å²) in [6.45, 7) is 2.03. The van der Waals surface area contributed by atoms with Gasteiger partial charge < -0.3 is 15.2 Å². The molecule has 3 aromatic rings. The number of nitrogens with one attached hydrogen (secondary N) is 1. The molecule has 0 spiro atoms. The molecule has 0 saturated heterocycles. The molecule has 2 heterocycles. The van der Waals surface area contributed by atoms with Crippen molar-refractivity contribution in [2.24, 2.45) is 5.73 Å². The van der Waals surface area contributed by atoms with Crippen molar-refractivity contribution in [2.45, 2.75) is 12.8 Å². The maximum Gasteiger partial charge on any atom is 0.244 e. The number of methoxy groups -OCH3 is 1. The number of aryl methyl sites for hydroxylation is 1. The summed E-state index contributed by atoms with van der Waals surface area (Å²) < 4.78 is 10.9. The fourth-order valence-corrected chi connectivity index (χ4v) is 3.32. The average molecular weight is 358 g/mol. The van der Waals surface area contributed by atoms with Crippen LogP contribution in [0.2, 0.25) is 0 Å². The zero-order chi connectivity index (χ0) is 19.0. The Morgan fingerprint density at radius 3 is 2.48 bits per heavy atom. The highest BCUT2D eigenvalue weighted by atomic mass is 16.5. The third-order valence-electron chi connectivity index (χ3n) is 4.73. The van der Waals surface area contributed by atoms with Crippen LogP contribution in [0.15, 0.2) is 60.0 Å². The quantitative estimate of drug-likeness (QED) is 0.745. The number of hydrogen-bond donors (Lipinski definition) is 2. The predicted molar refractivity (Wildman–Crippen MR) is 101 cm³/mol. The molecule has 0 fully saturated rings. The van der Waals surface area contributed by atoms with Crippen LogP contribution >= 0.6 is 0 Å². The Labute approximate surface area is 156 Å². The topological polar surface area (TPSA) is 96.9 Å². The molecule has 27 heavy (non-hydrogen) atoms. The first-order valence-electron chi connectivity index (χ1n) is 8.49. The highest BCUT2D eigenvalue weighted by Crippen LogP contribution is 2.45. The number of rotatable bonds is 3. The highest BCUT2D eigenvalue weighted by molar-refractivity contribution is 5.71. The van der Waals surface area contributed by atoms with E-state index < -0.39 is 0 Å². The lowest BCUT2D eigenvalue weighted by Gasteiger charge is -2.24. The Balaban J connectivity index is 1.90. The van der Waals surface area contributed by atoms with Crippen LogP contribution in [0.5, 0.6) is 11.6 Å². The molecule has 6 nitrogen and oxygen atoms in total. The molecule has 2 aromatic carbocycles. The smallest absolute Gasteiger partial charge is 0.244 e. The van der Waals surface area contributed by atoms with Crippen molar-refractivity contribution in [1.82, 2.24) is 10.2 Å². The van der Waals surface area contributed by atoms with Crippen LogP contribution in [-0.2, 0) is 0 Å². The molecule has 0 aliphatic carbocycles. The Morgan fingerprint density at radius 1 is 1.15 bits per heavy atom. The standard InChI is InChI=1S/C21H18N4O2/c1-12-3-5-14(6-4-12)19-18-17(13-7-9-15(26-2)10-8-13)16(11-22)20(23)27-21(18)25-24-19/h3-10,17H,23H2,1-2H3,(H,24,25)/t17-/m0/s1. The van der Waals surface area contributed by atoms with Gasteiger partial charge in [0.1, 0.15) is 17.4 Å². The molecule has 4 rings (SSSR count). The number of benzene rings is 2. The van der Waals surface area contributed by atoms with Gasteiger partial charge >= 0.3 is 0 Å². The first kappa shape index (κ1) is 16.7. The van der Waals surface area contributed by atoms with Gasteiger partial charge in [-0.25, -0.2) is 0 Å². The number of H-pyrrole nitrogens is 1. The van der Waals surface area contributed by atoms with Crippen LogP contribution in [0, 0.1) is 18.3 Å². The zero-order valence-electron chi connectivity index (χ0n) is 15.0. The molecule has 0 saturated carbocycles. The van der Waals surface area contributed by atoms with Gasteiger partial charge in [0.25, 0.3) is 0 Å². The van der Waals surface area contributed by atoms with Gasteiger partial charge in [-0.3, -0.25) is 5.10 Å². The van der Waals surface area contributed by atoms with E-state index in [1.807, 2.05) is 55.5 Å². The summed E-state index contributed by atoms with van der Waals surface area (Å²) in [6.07, 6.45) is 0. The number of aromatic nitrogens is 2. The van der Waals surface area contributed by atoms with Gasteiger partial charge in [0.15, 0.2) is 0 Å². The van der Waals surface area contributed by atoms with Crippen molar-refractivity contribution in [3.8, 4) is 29.0 Å². The molecule has 1 aliphatic rings. The summed E-state index contributed by atoms with van der Waals surface area (Å²) in [6, 6.07) is 17.9. The van der Waals surface area contributed by atoms with E-state index in [1.54, 1.807) is 7.11 Å². The molecule has 3 N–H and O–H groups in total. The van der Waals surface area contributed by atoms with Crippen molar-refractivity contribution >= 4 is 0 Å². The molecule has 0 unspecified atom stereocenters. The summed E-state index contributed by atoms with van der Waals surface area (Å²) in [4.78, 5) is 0. The number of aromatic amines is 1. The molecular formula is C21H18N4O2. The van der Waals surface area contributed by atoms with Crippen LogP contribution in [0.1, 0.15) is 22.6 Å². The van der Waals surface area contributed by atoms with Gasteiger partial charge in [-0.2, -0.15) is 5.26 Å². The molecule has 1 aliphatic heterocycles. The molecule has 0 radical (unpaired) electrons. The number of nitrogens with two attached hydrogens (primary N) is 1. The summed E-state index contributed by atoms with van der Waals surface area (Å²) in [5, 5.41) is 17.1. The first-order valence-corrected chi connectivity index (χ1v) is 8.49. The van der Waals surface area contributed by atoms with Gasteiger partial charge in [-0.05, 0) is 24.6 Å². The zero-order valence-corrected chi connectivity index (χ0v) is 15.0. The van der Waals surface area contributed by atoms with Gasteiger partial charge in [-0.1, -0.05) is 42.0 Å². The maximum atomic E-state index is 9.73. The summed E-state index contributed by atoms with van der Waals surface area (Å²) in [5.74, 6) is 0.836. The summed E-state index contributed by atoms with van der Waals surface area (Å²) in [5.41, 5.74) is 11.0. The third-order valence-corrected chi connectivity index (χ3v) is 4.73. The minimum absolute atomic E-state index is 0.0766. The van der Waals surface area contributed by atoms with E-state index in [0.717, 1.165) is 33.7 Å². The van der Waals surface area contributed by atoms with E-state index in [9.17, 15) is 5.26 Å². The monoisotopic (exact) mass is 358 g/mol. The molecule has 1 aromatic heterocycles. The van der Waals surface area contributed by atoms with Crippen LogP contribution in [-0.4, -0.2) is 17.3 Å². The largest absolute Gasteiger partial charge is 0.497 e. The minimum Gasteiger partial charge on any atom is -0.497 e. The predicted octanol–water partition coefficient (Wildman–Crippen LogP) is 3.61. The lowest BCUT2D eigenvalue weighted by atomic mass is 9.83. The van der Waals surface area contributed by atoms with Crippen molar-refractivity contribution < 1.29 is 9.47 Å². The summed E-state index contributed by atoms with van der Waals surface area (Å²) >= 11 is 0. The Hall–Kier alpha value is -3.72. The van der Waals surface area contributed by atoms with E-state index in [0.29, 0.717) is 11.5 Å². The third kappa shape index (κ3) is 2.79. The highest BCUT2D eigenvalue weighted by Gasteiger charge is 2.35. The molecule has 1 atom stereocenters. The van der Waals surface area contributed by atoms with Gasteiger partial charge in [0.2, 0.25) is 11.8 Å². The lowest BCUT2D eigenvalue weighted by Crippen LogP contribution is -2.20. The van der Waals surface area contributed by atoms with E-state index in [1.165, 1.54) is 0 Å². The average Bonchev–Trinajstić information content (AvgIpc) is 3.11. The van der Waals surface area contributed by atoms with E-state index >= 15 is 0 Å². The molecule has 134 valence electrons. The fraction of sp³-hybridized carbons (Fsp3) is 0.143. The normalized spacial score (nSPS) is 15.7. The second kappa shape index (κ2) is 6.54. The van der Waals surface area contributed by atoms with Crippen LogP contribution in [0.3, 0.4) is 0 Å². The molecule has 0 bridgehead atoms. The Morgan fingerprint density at radius 2 is 1.85 bits per heavy atom. The maximum absolute atomic E-state index is 9.73. The van der Waals surface area contributed by atoms with Crippen LogP contribution < -0.4 is 15.2 Å². The minimum atomic E-state index is -0.375. The Kier molecular flexibility index (Phi) is 4.05. The number of fused-ring (bicyclic) bond motifs is 1. The molecule has 0 amide bonds. The Bertz CT molecular complexity index is 1060. The lowest BCUT2D eigenvalue weighted by molar-refractivity contribution is 0.379. The van der Waals surface area contributed by atoms with Gasteiger partial charge in [0.05, 0.1) is 24.3 Å². The van der Waals surface area contributed by atoms with Crippen LogP contribution in [0.25, 0.3) is 11.3 Å². The van der Waals surface area contributed by atoms with Crippen molar-refractivity contribution in [2.75, 3.05) is 7.11 Å². The van der Waals surface area contributed by atoms with Crippen molar-refractivity contribution in [3.63, 3.8) is 0 Å². The van der Waals surface area contributed by atoms with E-state index in [4.69, 9.17) is 15.2 Å². The number of hydrogen-bond acceptors (Lipinski definition) is 5. The van der Waals surface area contributed by atoms with Gasteiger partial charge in [-0.15, -0.1) is 5.10 Å². The van der Waals surface area contributed by atoms with Crippen molar-refractivity contribution in [1.29, 1.82) is 5.26 Å². The van der Waals surface area contributed by atoms with Crippen LogP contribution in [0.4, 0.5) is 0 Å². The number of nitrogens with zero attached hydrogens (tertiary/aromatic N) is 2. The van der Waals surface area contributed by atoms with E-state index in [2.05, 4.69) is 16.3 Å². The molecular weight excluding hydrogens is 340 g/mol. The van der Waals surface area contributed by atoms with Crippen molar-refractivity contribution in [3.05, 3.63) is 76.7 Å². The summed E-state index contributed by atoms with van der Waals surface area (Å²) in [7, 11) is 1.62. The second-order valence-corrected chi connectivity index (χ2v) is 6.38. The fourth-order valence-electron chi connectivity index (χ4n) is 3.32. The first-order chi connectivity index (χ1) is 13.1. The van der Waals surface area contributed by atoms with Gasteiger partial charge in [0, 0.05) is 5.56 Å². The second-order valence-electron chi connectivity index (χ2n) is 6.38. The number of nitriles is 1. The number of allylic oxidation sites excluding steroid dienone is 1. The number of ether oxygens (including phenoxy) is 2. The molecule has 6 heteroatoms.